The molecule has 3 aromatic carbocycles. The molecule has 188 valence electrons. The summed E-state index contributed by atoms with van der Waals surface area (Å²) in [5, 5.41) is 9.47. The third kappa shape index (κ3) is 6.04. The van der Waals surface area contributed by atoms with Gasteiger partial charge in [0, 0.05) is 15.9 Å². The summed E-state index contributed by atoms with van der Waals surface area (Å²) in [6, 6.07) is 13.4. The van der Waals surface area contributed by atoms with Gasteiger partial charge in [0.05, 0.1) is 9.79 Å². The van der Waals surface area contributed by atoms with Crippen LogP contribution in [0.15, 0.2) is 70.5 Å². The van der Waals surface area contributed by atoms with E-state index in [-0.39, 0.29) is 44.5 Å². The van der Waals surface area contributed by atoms with Gasteiger partial charge in [0.25, 0.3) is 20.0 Å². The number of halogens is 1. The first-order valence-electron chi connectivity index (χ1n) is 10.7. The number of hydrogen-bond donors (Lipinski definition) is 3. The van der Waals surface area contributed by atoms with Crippen LogP contribution in [0.2, 0.25) is 0 Å². The molecule has 0 saturated heterocycles. The Kier molecular flexibility index (Phi) is 7.61. The summed E-state index contributed by atoms with van der Waals surface area (Å²) in [5.74, 6) is -0.575. The highest BCUT2D eigenvalue weighted by molar-refractivity contribution is 7.93. The van der Waals surface area contributed by atoms with Gasteiger partial charge in [-0.15, -0.1) is 0 Å². The first-order valence-corrected chi connectivity index (χ1v) is 13.7. The fraction of sp³-hybridized carbons (Fsp3) is 0.250. The van der Waals surface area contributed by atoms with E-state index in [0.717, 1.165) is 6.07 Å². The van der Waals surface area contributed by atoms with E-state index < -0.39 is 20.0 Å². The molecule has 8 nitrogen and oxygen atoms in total. The van der Waals surface area contributed by atoms with Crippen molar-refractivity contribution >= 4 is 31.4 Å². The molecule has 0 heterocycles. The van der Waals surface area contributed by atoms with Crippen molar-refractivity contribution in [3.63, 3.8) is 0 Å². The number of phenolic OH excluding ortho intramolecular Hbond substituents is 1. The van der Waals surface area contributed by atoms with Gasteiger partial charge in [-0.1, -0.05) is 33.8 Å². The molecule has 11 heteroatoms. The molecule has 3 aromatic rings. The maximum atomic E-state index is 13.4. The highest BCUT2D eigenvalue weighted by Gasteiger charge is 2.28. The number of nitrogens with one attached hydrogen (secondary N) is 2. The van der Waals surface area contributed by atoms with Crippen LogP contribution >= 0.6 is 0 Å². The van der Waals surface area contributed by atoms with E-state index >= 15 is 0 Å². The van der Waals surface area contributed by atoms with Crippen molar-refractivity contribution in [2.75, 3.05) is 9.44 Å². The Labute approximate surface area is 204 Å². The standard InChI is InChI=1S/C24H27FN2O6S2/c1-15(2)21-13-22(16(3)4)24(35(31,32)27-18-7-11-20(33-25)12-8-18)14-23(21)34(29,30)26-17-5-9-19(28)10-6-17/h5-16,26-28H,1-4H3. The summed E-state index contributed by atoms with van der Waals surface area (Å²) in [4.78, 5) is 3.25. The molecular weight excluding hydrogens is 495 g/mol. The van der Waals surface area contributed by atoms with Crippen LogP contribution in [-0.4, -0.2) is 21.9 Å². The zero-order valence-corrected chi connectivity index (χ0v) is 21.2. The van der Waals surface area contributed by atoms with Crippen LogP contribution in [0.4, 0.5) is 15.9 Å². The Hall–Kier alpha value is -3.31. The summed E-state index contributed by atoms with van der Waals surface area (Å²) in [7, 11) is -8.41. The SMILES string of the molecule is CC(C)c1cc(C(C)C)c(S(=O)(=O)Nc2ccc(OF)cc2)cc1S(=O)(=O)Nc1ccc(O)cc1. The van der Waals surface area contributed by atoms with Crippen molar-refractivity contribution in [3.8, 4) is 11.5 Å². The van der Waals surface area contributed by atoms with E-state index in [1.807, 2.05) is 27.7 Å². The number of anilines is 2. The Bertz CT molecular complexity index is 1400. The Balaban J connectivity index is 2.15. The Morgan fingerprint density at radius 3 is 1.49 bits per heavy atom. The predicted octanol–water partition coefficient (Wildman–Crippen LogP) is 5.50. The lowest BCUT2D eigenvalue weighted by Gasteiger charge is -2.21. The molecule has 0 bridgehead atoms. The molecule has 0 aliphatic heterocycles. The van der Waals surface area contributed by atoms with Crippen molar-refractivity contribution in [2.45, 2.75) is 49.3 Å². The number of benzene rings is 3. The molecule has 0 saturated carbocycles. The van der Waals surface area contributed by atoms with Gasteiger partial charge in [0.1, 0.15) is 5.75 Å². The first kappa shape index (κ1) is 26.3. The van der Waals surface area contributed by atoms with E-state index in [2.05, 4.69) is 14.4 Å². The summed E-state index contributed by atoms with van der Waals surface area (Å²) < 4.78 is 70.7. The maximum absolute atomic E-state index is 13.4. The van der Waals surface area contributed by atoms with Crippen LogP contribution in [0.25, 0.3) is 0 Å². The van der Waals surface area contributed by atoms with E-state index in [4.69, 9.17) is 0 Å². The number of hydrogen-bond acceptors (Lipinski definition) is 6. The number of rotatable bonds is 9. The van der Waals surface area contributed by atoms with E-state index in [1.54, 1.807) is 6.07 Å². The fourth-order valence-corrected chi connectivity index (χ4v) is 6.43. The summed E-state index contributed by atoms with van der Waals surface area (Å²) >= 11 is 0. The monoisotopic (exact) mass is 522 g/mol. The molecule has 0 atom stereocenters. The Morgan fingerprint density at radius 1 is 0.714 bits per heavy atom. The minimum absolute atomic E-state index is 0.0253. The molecule has 0 fully saturated rings. The van der Waals surface area contributed by atoms with Crippen LogP contribution in [0.3, 0.4) is 0 Å². The minimum atomic E-state index is -4.22. The van der Waals surface area contributed by atoms with Crippen LogP contribution < -0.4 is 14.4 Å². The van der Waals surface area contributed by atoms with Gasteiger partial charge >= 0.3 is 0 Å². The molecular formula is C24H27FN2O6S2. The average molecular weight is 523 g/mol. The second-order valence-electron chi connectivity index (χ2n) is 8.60. The smallest absolute Gasteiger partial charge is 0.262 e. The topological polar surface area (TPSA) is 122 Å². The van der Waals surface area contributed by atoms with Crippen LogP contribution in [-0.2, 0) is 20.0 Å². The van der Waals surface area contributed by atoms with Gasteiger partial charge in [0.2, 0.25) is 0 Å². The van der Waals surface area contributed by atoms with Gasteiger partial charge in [-0.05, 0) is 77.6 Å². The lowest BCUT2D eigenvalue weighted by molar-refractivity contribution is -0.00618. The Morgan fingerprint density at radius 2 is 1.11 bits per heavy atom. The number of aromatic hydroxyl groups is 1. The third-order valence-corrected chi connectivity index (χ3v) is 8.15. The molecule has 0 radical (unpaired) electrons. The molecule has 0 amide bonds. The number of sulfonamides is 2. The van der Waals surface area contributed by atoms with Gasteiger partial charge in [-0.25, -0.2) is 16.8 Å². The largest absolute Gasteiger partial charge is 0.508 e. The van der Waals surface area contributed by atoms with Gasteiger partial charge in [-0.3, -0.25) is 14.4 Å². The normalized spacial score (nSPS) is 12.1. The molecule has 0 aliphatic carbocycles. The molecule has 0 aliphatic rings. The molecule has 3 N–H and O–H groups in total. The summed E-state index contributed by atoms with van der Waals surface area (Å²) in [6.07, 6.45) is 0. The minimum Gasteiger partial charge on any atom is -0.508 e. The van der Waals surface area contributed by atoms with E-state index in [1.165, 1.54) is 48.5 Å². The van der Waals surface area contributed by atoms with Crippen molar-refractivity contribution < 1.29 is 31.4 Å². The van der Waals surface area contributed by atoms with Gasteiger partial charge < -0.3 is 5.11 Å². The third-order valence-electron chi connectivity index (χ3n) is 5.28. The number of phenols is 1. The van der Waals surface area contributed by atoms with E-state index in [9.17, 15) is 26.5 Å². The summed E-state index contributed by atoms with van der Waals surface area (Å²) in [5.41, 5.74) is 1.28. The first-order chi connectivity index (χ1) is 16.3. The lowest BCUT2D eigenvalue weighted by Crippen LogP contribution is -2.20. The zero-order chi connectivity index (χ0) is 26.0. The molecule has 3 rings (SSSR count). The lowest BCUT2D eigenvalue weighted by atomic mass is 9.95. The average Bonchev–Trinajstić information content (AvgIpc) is 2.79. The van der Waals surface area contributed by atoms with Crippen molar-refractivity contribution in [2.24, 2.45) is 0 Å². The quantitative estimate of drug-likeness (QED) is 0.319. The maximum Gasteiger partial charge on any atom is 0.262 e. The van der Waals surface area contributed by atoms with Crippen molar-refractivity contribution in [1.29, 1.82) is 0 Å². The fourth-order valence-electron chi connectivity index (χ4n) is 3.49. The molecule has 35 heavy (non-hydrogen) atoms. The van der Waals surface area contributed by atoms with Crippen LogP contribution in [0.1, 0.15) is 50.7 Å². The molecule has 0 spiro atoms. The molecule has 0 aromatic heterocycles. The van der Waals surface area contributed by atoms with Gasteiger partial charge in [-0.2, -0.15) is 0 Å². The molecule has 0 unspecified atom stereocenters. The summed E-state index contributed by atoms with van der Waals surface area (Å²) in [6.45, 7) is 7.27. The van der Waals surface area contributed by atoms with Crippen molar-refractivity contribution in [1.82, 2.24) is 0 Å². The highest BCUT2D eigenvalue weighted by atomic mass is 32.2. The van der Waals surface area contributed by atoms with Crippen LogP contribution in [0.5, 0.6) is 11.5 Å². The second kappa shape index (κ2) is 10.1. The zero-order valence-electron chi connectivity index (χ0n) is 19.6. The van der Waals surface area contributed by atoms with E-state index in [0.29, 0.717) is 11.1 Å². The predicted molar refractivity (Wildman–Crippen MR) is 133 cm³/mol. The van der Waals surface area contributed by atoms with Gasteiger partial charge in [0.15, 0.2) is 5.75 Å². The highest BCUT2D eigenvalue weighted by Crippen LogP contribution is 2.35. The van der Waals surface area contributed by atoms with Crippen LogP contribution in [0, 0.1) is 0 Å². The second-order valence-corrected chi connectivity index (χ2v) is 11.9. The van der Waals surface area contributed by atoms with Crippen molar-refractivity contribution in [3.05, 3.63) is 71.8 Å².